The Morgan fingerprint density at radius 1 is 1.47 bits per heavy atom. The van der Waals surface area contributed by atoms with Gasteiger partial charge in [0.05, 0.1) is 6.42 Å². The van der Waals surface area contributed by atoms with E-state index in [2.05, 4.69) is 0 Å². The van der Waals surface area contributed by atoms with Crippen molar-refractivity contribution in [1.29, 1.82) is 0 Å². The third-order valence-electron chi connectivity index (χ3n) is 3.03. The average molecular weight is 238 g/mol. The van der Waals surface area contributed by atoms with Crippen LogP contribution in [0.2, 0.25) is 0 Å². The topological polar surface area (TPSA) is 46.3 Å². The molecule has 0 bridgehead atoms. The molecule has 4 heteroatoms. The first-order chi connectivity index (χ1) is 7.86. The normalized spacial score (nSPS) is 11.4. The van der Waals surface area contributed by atoms with E-state index >= 15 is 0 Å². The van der Waals surface area contributed by atoms with Gasteiger partial charge in [0.15, 0.2) is 0 Å². The molecule has 0 aliphatic rings. The predicted octanol–water partition coefficient (Wildman–Crippen LogP) is 1.56. The molecule has 0 atom stereocenters. The minimum absolute atomic E-state index is 0.0638. The molecule has 0 heterocycles. The van der Waals surface area contributed by atoms with E-state index in [0.717, 1.165) is 0 Å². The first-order valence-corrected chi connectivity index (χ1v) is 5.58. The largest absolute Gasteiger partial charge is 0.339 e. The highest BCUT2D eigenvalue weighted by molar-refractivity contribution is 5.79. The third kappa shape index (κ3) is 3.53. The number of benzene rings is 1. The summed E-state index contributed by atoms with van der Waals surface area (Å²) in [5.41, 5.74) is 5.90. The Kier molecular flexibility index (Phi) is 4.23. The van der Waals surface area contributed by atoms with Crippen molar-refractivity contribution in [2.24, 2.45) is 5.73 Å². The SMILES string of the molecule is CN(C(=O)Cc1cccc(F)c1)C(C)(C)CN. The summed E-state index contributed by atoms with van der Waals surface area (Å²) >= 11 is 0. The van der Waals surface area contributed by atoms with E-state index in [-0.39, 0.29) is 23.7 Å². The number of carbonyl (C=O) groups is 1. The molecule has 0 aliphatic carbocycles. The number of halogens is 1. The van der Waals surface area contributed by atoms with E-state index in [4.69, 9.17) is 5.73 Å². The van der Waals surface area contributed by atoms with Gasteiger partial charge in [-0.1, -0.05) is 12.1 Å². The lowest BCUT2D eigenvalue weighted by Gasteiger charge is -2.34. The lowest BCUT2D eigenvalue weighted by Crippen LogP contribution is -2.50. The van der Waals surface area contributed by atoms with Gasteiger partial charge in [-0.3, -0.25) is 4.79 Å². The zero-order valence-corrected chi connectivity index (χ0v) is 10.5. The van der Waals surface area contributed by atoms with Crippen molar-refractivity contribution in [1.82, 2.24) is 4.90 Å². The Labute approximate surface area is 101 Å². The maximum absolute atomic E-state index is 13.0. The molecule has 0 aromatic heterocycles. The van der Waals surface area contributed by atoms with Crippen LogP contribution in [0.25, 0.3) is 0 Å². The molecule has 1 rings (SSSR count). The number of rotatable bonds is 4. The summed E-state index contributed by atoms with van der Waals surface area (Å²) in [6, 6.07) is 6.08. The molecule has 94 valence electrons. The summed E-state index contributed by atoms with van der Waals surface area (Å²) in [7, 11) is 1.72. The highest BCUT2D eigenvalue weighted by Gasteiger charge is 2.25. The zero-order chi connectivity index (χ0) is 13.1. The number of likely N-dealkylation sites (N-methyl/N-ethyl adjacent to an activating group) is 1. The molecule has 0 saturated carbocycles. The van der Waals surface area contributed by atoms with Gasteiger partial charge in [0.2, 0.25) is 5.91 Å². The van der Waals surface area contributed by atoms with Crippen LogP contribution in [-0.2, 0) is 11.2 Å². The summed E-state index contributed by atoms with van der Waals surface area (Å²) in [6.45, 7) is 4.19. The summed E-state index contributed by atoms with van der Waals surface area (Å²) < 4.78 is 13.0. The molecule has 3 nitrogen and oxygen atoms in total. The summed E-state index contributed by atoms with van der Waals surface area (Å²) in [5.74, 6) is -0.387. The highest BCUT2D eigenvalue weighted by atomic mass is 19.1. The van der Waals surface area contributed by atoms with Gasteiger partial charge < -0.3 is 10.6 Å². The van der Waals surface area contributed by atoms with Crippen LogP contribution in [0.5, 0.6) is 0 Å². The fourth-order valence-electron chi connectivity index (χ4n) is 1.41. The van der Waals surface area contributed by atoms with Crippen LogP contribution in [0.3, 0.4) is 0 Å². The van der Waals surface area contributed by atoms with Crippen LogP contribution in [0.15, 0.2) is 24.3 Å². The van der Waals surface area contributed by atoms with Crippen LogP contribution in [0, 0.1) is 5.82 Å². The van der Waals surface area contributed by atoms with Crippen LogP contribution in [0.4, 0.5) is 4.39 Å². The van der Waals surface area contributed by atoms with Crippen molar-refractivity contribution in [3.05, 3.63) is 35.6 Å². The Bertz CT molecular complexity index is 404. The van der Waals surface area contributed by atoms with Crippen LogP contribution >= 0.6 is 0 Å². The number of amides is 1. The van der Waals surface area contributed by atoms with Crippen molar-refractivity contribution in [3.8, 4) is 0 Å². The monoisotopic (exact) mass is 238 g/mol. The number of nitrogens with zero attached hydrogens (tertiary/aromatic N) is 1. The van der Waals surface area contributed by atoms with E-state index in [1.807, 2.05) is 13.8 Å². The Hall–Kier alpha value is -1.42. The standard InChI is InChI=1S/C13H19FN2O/c1-13(2,9-15)16(3)12(17)8-10-5-4-6-11(14)7-10/h4-7H,8-9,15H2,1-3H3. The predicted molar refractivity (Wildman–Crippen MR) is 66.0 cm³/mol. The first kappa shape index (κ1) is 13.6. The molecule has 2 N–H and O–H groups in total. The maximum Gasteiger partial charge on any atom is 0.227 e. The number of hydrogen-bond donors (Lipinski definition) is 1. The van der Waals surface area contributed by atoms with Gasteiger partial charge >= 0.3 is 0 Å². The van der Waals surface area contributed by atoms with Gasteiger partial charge in [-0.05, 0) is 31.5 Å². The average Bonchev–Trinajstić information content (AvgIpc) is 2.28. The first-order valence-electron chi connectivity index (χ1n) is 5.58. The van der Waals surface area contributed by atoms with Gasteiger partial charge in [-0.2, -0.15) is 0 Å². The van der Waals surface area contributed by atoms with Crippen LogP contribution < -0.4 is 5.73 Å². The summed E-state index contributed by atoms with van der Waals surface area (Å²) in [6.07, 6.45) is 0.192. The van der Waals surface area contributed by atoms with Crippen LogP contribution in [0.1, 0.15) is 19.4 Å². The molecule has 17 heavy (non-hydrogen) atoms. The van der Waals surface area contributed by atoms with Crippen molar-refractivity contribution >= 4 is 5.91 Å². The van der Waals surface area contributed by atoms with Gasteiger partial charge in [0, 0.05) is 19.1 Å². The molecule has 0 fully saturated rings. The van der Waals surface area contributed by atoms with Gasteiger partial charge in [0.1, 0.15) is 5.82 Å². The Morgan fingerprint density at radius 3 is 2.65 bits per heavy atom. The minimum Gasteiger partial charge on any atom is -0.339 e. The molecule has 1 aromatic rings. The second-order valence-corrected chi connectivity index (χ2v) is 4.78. The fraction of sp³-hybridized carbons (Fsp3) is 0.462. The number of hydrogen-bond acceptors (Lipinski definition) is 2. The lowest BCUT2D eigenvalue weighted by molar-refractivity contribution is -0.133. The molecule has 1 aromatic carbocycles. The highest BCUT2D eigenvalue weighted by Crippen LogP contribution is 2.13. The van der Waals surface area contributed by atoms with Crippen molar-refractivity contribution < 1.29 is 9.18 Å². The summed E-state index contributed by atoms with van der Waals surface area (Å²) in [4.78, 5) is 13.6. The van der Waals surface area contributed by atoms with E-state index in [1.54, 1.807) is 24.1 Å². The fourth-order valence-corrected chi connectivity index (χ4v) is 1.41. The van der Waals surface area contributed by atoms with Crippen molar-refractivity contribution in [3.63, 3.8) is 0 Å². The Balaban J connectivity index is 2.73. The maximum atomic E-state index is 13.0. The van der Waals surface area contributed by atoms with E-state index < -0.39 is 0 Å². The Morgan fingerprint density at radius 2 is 2.12 bits per heavy atom. The number of nitrogens with two attached hydrogens (primary N) is 1. The second-order valence-electron chi connectivity index (χ2n) is 4.78. The summed E-state index contributed by atoms with van der Waals surface area (Å²) in [5, 5.41) is 0. The van der Waals surface area contributed by atoms with Crippen molar-refractivity contribution in [2.45, 2.75) is 25.8 Å². The third-order valence-corrected chi connectivity index (χ3v) is 3.03. The molecule has 0 spiro atoms. The number of carbonyl (C=O) groups excluding carboxylic acids is 1. The molecule has 0 radical (unpaired) electrons. The quantitative estimate of drug-likeness (QED) is 0.865. The molecular weight excluding hydrogens is 219 g/mol. The van der Waals surface area contributed by atoms with E-state index in [1.165, 1.54) is 12.1 Å². The lowest BCUT2D eigenvalue weighted by atomic mass is 10.0. The zero-order valence-electron chi connectivity index (χ0n) is 10.5. The van der Waals surface area contributed by atoms with Gasteiger partial charge in [0.25, 0.3) is 0 Å². The second kappa shape index (κ2) is 5.27. The molecule has 0 aliphatic heterocycles. The van der Waals surface area contributed by atoms with Crippen LogP contribution in [-0.4, -0.2) is 29.9 Å². The van der Waals surface area contributed by atoms with Crippen molar-refractivity contribution in [2.75, 3.05) is 13.6 Å². The van der Waals surface area contributed by atoms with Gasteiger partial charge in [-0.15, -0.1) is 0 Å². The molecule has 0 saturated heterocycles. The molecule has 0 unspecified atom stereocenters. The molecular formula is C13H19FN2O. The van der Waals surface area contributed by atoms with E-state index in [0.29, 0.717) is 12.1 Å². The van der Waals surface area contributed by atoms with E-state index in [9.17, 15) is 9.18 Å². The molecule has 1 amide bonds. The van der Waals surface area contributed by atoms with Gasteiger partial charge in [-0.25, -0.2) is 4.39 Å². The minimum atomic E-state index is -0.385. The smallest absolute Gasteiger partial charge is 0.227 e.